The first kappa shape index (κ1) is 13.9. The van der Waals surface area contributed by atoms with Gasteiger partial charge in [0, 0.05) is 16.1 Å². The van der Waals surface area contributed by atoms with Crippen molar-refractivity contribution >= 4 is 23.2 Å². The predicted octanol–water partition coefficient (Wildman–Crippen LogP) is 4.98. The normalized spacial score (nSPS) is 18.2. The lowest BCUT2D eigenvalue weighted by molar-refractivity contribution is 0.452. The van der Waals surface area contributed by atoms with Crippen LogP contribution in [-0.2, 0) is 6.42 Å². The Morgan fingerprint density at radius 2 is 2.00 bits per heavy atom. The van der Waals surface area contributed by atoms with Crippen LogP contribution < -0.4 is 5.32 Å². The maximum absolute atomic E-state index is 6.32. The molecule has 20 heavy (non-hydrogen) atoms. The van der Waals surface area contributed by atoms with E-state index in [2.05, 4.69) is 29.6 Å². The molecular formula is C17H17Cl2N. The van der Waals surface area contributed by atoms with Gasteiger partial charge in [-0.2, -0.15) is 0 Å². The quantitative estimate of drug-likeness (QED) is 0.839. The Kier molecular flexibility index (Phi) is 4.02. The second-order valence-corrected chi connectivity index (χ2v) is 6.19. The van der Waals surface area contributed by atoms with E-state index in [-0.39, 0.29) is 6.04 Å². The van der Waals surface area contributed by atoms with Gasteiger partial charge in [-0.1, -0.05) is 53.5 Å². The highest BCUT2D eigenvalue weighted by atomic mass is 35.5. The van der Waals surface area contributed by atoms with Gasteiger partial charge in [-0.15, -0.1) is 0 Å². The van der Waals surface area contributed by atoms with Gasteiger partial charge in [-0.25, -0.2) is 0 Å². The van der Waals surface area contributed by atoms with Gasteiger partial charge < -0.3 is 5.32 Å². The summed E-state index contributed by atoms with van der Waals surface area (Å²) in [7, 11) is 1.99. The first-order valence-electron chi connectivity index (χ1n) is 6.89. The lowest BCUT2D eigenvalue weighted by Gasteiger charge is -2.33. The molecule has 3 rings (SSSR count). The minimum absolute atomic E-state index is 0.262. The van der Waals surface area contributed by atoms with Crippen LogP contribution in [0.2, 0.25) is 10.0 Å². The average Bonchev–Trinajstić information content (AvgIpc) is 2.41. The van der Waals surface area contributed by atoms with Crippen LogP contribution in [0.15, 0.2) is 42.5 Å². The molecule has 0 aromatic heterocycles. The van der Waals surface area contributed by atoms with Gasteiger partial charge in [0.2, 0.25) is 0 Å². The molecule has 2 unspecified atom stereocenters. The average molecular weight is 306 g/mol. The molecule has 0 radical (unpaired) electrons. The second kappa shape index (κ2) is 5.77. The summed E-state index contributed by atoms with van der Waals surface area (Å²) >= 11 is 12.3. The summed E-state index contributed by atoms with van der Waals surface area (Å²) in [5.74, 6) is 0.621. The molecule has 2 aromatic rings. The molecule has 1 N–H and O–H groups in total. The first-order chi connectivity index (χ1) is 9.69. The van der Waals surface area contributed by atoms with Crippen molar-refractivity contribution in [1.29, 1.82) is 0 Å². The Morgan fingerprint density at radius 1 is 1.20 bits per heavy atom. The Balaban J connectivity index is 1.79. The highest BCUT2D eigenvalue weighted by Gasteiger charge is 2.28. The number of halogens is 2. The lowest BCUT2D eigenvalue weighted by atomic mass is 9.74. The fourth-order valence-electron chi connectivity index (χ4n) is 3.04. The van der Waals surface area contributed by atoms with E-state index in [1.54, 1.807) is 0 Å². The van der Waals surface area contributed by atoms with Crippen LogP contribution in [0.3, 0.4) is 0 Å². The summed E-state index contributed by atoms with van der Waals surface area (Å²) in [4.78, 5) is 0. The van der Waals surface area contributed by atoms with Crippen molar-refractivity contribution in [2.75, 3.05) is 7.05 Å². The standard InChI is InChI=1S/C17H17Cl2N/c1-20-17(15-7-6-13(18)10-16(15)19)9-12-8-11-4-2-3-5-14(11)12/h2-7,10,12,17,20H,8-9H2,1H3. The molecule has 1 aliphatic rings. The van der Waals surface area contributed by atoms with Crippen molar-refractivity contribution in [2.24, 2.45) is 0 Å². The topological polar surface area (TPSA) is 12.0 Å². The molecule has 0 bridgehead atoms. The maximum Gasteiger partial charge on any atom is 0.0468 e. The number of benzene rings is 2. The van der Waals surface area contributed by atoms with Crippen molar-refractivity contribution in [3.8, 4) is 0 Å². The SMILES string of the molecule is CNC(CC1Cc2ccccc21)c1ccc(Cl)cc1Cl. The lowest BCUT2D eigenvalue weighted by Crippen LogP contribution is -2.25. The molecule has 3 heteroatoms. The molecule has 2 aromatic carbocycles. The summed E-state index contributed by atoms with van der Waals surface area (Å²) < 4.78 is 0. The van der Waals surface area contributed by atoms with Gasteiger partial charge in [0.05, 0.1) is 0 Å². The molecule has 2 atom stereocenters. The molecule has 1 aliphatic carbocycles. The van der Waals surface area contributed by atoms with E-state index >= 15 is 0 Å². The van der Waals surface area contributed by atoms with Crippen LogP contribution in [0.5, 0.6) is 0 Å². The number of nitrogens with one attached hydrogen (secondary N) is 1. The number of fused-ring (bicyclic) bond motifs is 1. The fourth-order valence-corrected chi connectivity index (χ4v) is 3.58. The number of hydrogen-bond donors (Lipinski definition) is 1. The van der Waals surface area contributed by atoms with Gasteiger partial charge in [-0.3, -0.25) is 0 Å². The van der Waals surface area contributed by atoms with Crippen LogP contribution in [0, 0.1) is 0 Å². The van der Waals surface area contributed by atoms with E-state index in [9.17, 15) is 0 Å². The molecule has 0 amide bonds. The van der Waals surface area contributed by atoms with Gasteiger partial charge in [0.25, 0.3) is 0 Å². The molecule has 1 nitrogen and oxygen atoms in total. The molecule has 104 valence electrons. The fraction of sp³-hybridized carbons (Fsp3) is 0.294. The Bertz CT molecular complexity index is 624. The van der Waals surface area contributed by atoms with Crippen LogP contribution >= 0.6 is 23.2 Å². The Morgan fingerprint density at radius 3 is 2.70 bits per heavy atom. The summed E-state index contributed by atoms with van der Waals surface area (Å²) in [5.41, 5.74) is 4.09. The second-order valence-electron chi connectivity index (χ2n) is 5.34. The van der Waals surface area contributed by atoms with E-state index < -0.39 is 0 Å². The molecular weight excluding hydrogens is 289 g/mol. The highest BCUT2D eigenvalue weighted by Crippen LogP contribution is 2.41. The largest absolute Gasteiger partial charge is 0.313 e. The van der Waals surface area contributed by atoms with E-state index in [1.165, 1.54) is 17.5 Å². The molecule has 0 saturated heterocycles. The predicted molar refractivity (Wildman–Crippen MR) is 85.8 cm³/mol. The van der Waals surface area contributed by atoms with Gasteiger partial charge >= 0.3 is 0 Å². The van der Waals surface area contributed by atoms with Crippen molar-refractivity contribution in [1.82, 2.24) is 5.32 Å². The Labute approximate surface area is 129 Å². The highest BCUT2D eigenvalue weighted by molar-refractivity contribution is 6.35. The Hall–Kier alpha value is -1.02. The third-order valence-corrected chi connectivity index (χ3v) is 4.73. The van der Waals surface area contributed by atoms with E-state index in [0.29, 0.717) is 10.9 Å². The first-order valence-corrected chi connectivity index (χ1v) is 7.64. The summed E-state index contributed by atoms with van der Waals surface area (Å²) in [5, 5.41) is 4.80. The van der Waals surface area contributed by atoms with Crippen LogP contribution in [0.25, 0.3) is 0 Å². The zero-order valence-corrected chi connectivity index (χ0v) is 12.9. The van der Waals surface area contributed by atoms with Gasteiger partial charge in [-0.05, 0) is 54.6 Å². The molecule has 0 aliphatic heterocycles. The van der Waals surface area contributed by atoms with Crippen molar-refractivity contribution in [2.45, 2.75) is 24.8 Å². The van der Waals surface area contributed by atoms with Crippen LogP contribution in [0.1, 0.15) is 35.1 Å². The summed E-state index contributed by atoms with van der Waals surface area (Å²) in [6.45, 7) is 0. The van der Waals surface area contributed by atoms with Crippen LogP contribution in [-0.4, -0.2) is 7.05 Å². The van der Waals surface area contributed by atoms with E-state index in [0.717, 1.165) is 17.0 Å². The molecule has 0 saturated carbocycles. The monoisotopic (exact) mass is 305 g/mol. The van der Waals surface area contributed by atoms with Crippen molar-refractivity contribution < 1.29 is 0 Å². The zero-order valence-electron chi connectivity index (χ0n) is 11.4. The summed E-state index contributed by atoms with van der Waals surface area (Å²) in [6.07, 6.45) is 2.23. The minimum Gasteiger partial charge on any atom is -0.313 e. The zero-order chi connectivity index (χ0) is 14.1. The van der Waals surface area contributed by atoms with E-state index in [1.807, 2.05) is 25.2 Å². The van der Waals surface area contributed by atoms with Gasteiger partial charge in [0.15, 0.2) is 0 Å². The minimum atomic E-state index is 0.262. The maximum atomic E-state index is 6.32. The number of hydrogen-bond acceptors (Lipinski definition) is 1. The van der Waals surface area contributed by atoms with Crippen molar-refractivity contribution in [3.05, 3.63) is 69.2 Å². The number of rotatable bonds is 4. The van der Waals surface area contributed by atoms with E-state index in [4.69, 9.17) is 23.2 Å². The third kappa shape index (κ3) is 2.58. The van der Waals surface area contributed by atoms with Crippen molar-refractivity contribution in [3.63, 3.8) is 0 Å². The van der Waals surface area contributed by atoms with Gasteiger partial charge in [0.1, 0.15) is 0 Å². The smallest absolute Gasteiger partial charge is 0.0468 e. The van der Waals surface area contributed by atoms with Crippen LogP contribution in [0.4, 0.5) is 0 Å². The molecule has 0 spiro atoms. The summed E-state index contributed by atoms with van der Waals surface area (Å²) in [6, 6.07) is 14.7. The third-order valence-electron chi connectivity index (χ3n) is 4.17. The molecule has 0 fully saturated rings. The molecule has 0 heterocycles.